The smallest absolute Gasteiger partial charge is 0.251 e. The minimum atomic E-state index is -0.148. The van der Waals surface area contributed by atoms with Crippen LogP contribution in [0.4, 0.5) is 0 Å². The van der Waals surface area contributed by atoms with Crippen molar-refractivity contribution >= 4 is 33.7 Å². The van der Waals surface area contributed by atoms with E-state index in [1.807, 2.05) is 31.2 Å². The minimum absolute atomic E-state index is 0.0647. The third kappa shape index (κ3) is 4.63. The van der Waals surface area contributed by atoms with E-state index < -0.39 is 0 Å². The zero-order valence-corrected chi connectivity index (χ0v) is 16.7. The van der Waals surface area contributed by atoms with Gasteiger partial charge in [-0.1, -0.05) is 47.1 Å². The molecule has 0 spiro atoms. The Morgan fingerprint density at radius 1 is 1.04 bits per heavy atom. The molecule has 1 N–H and O–H groups in total. The fraction of sp³-hybridized carbons (Fsp3) is 0.286. The third-order valence-electron chi connectivity index (χ3n) is 4.70. The molecular formula is C21H21BrN2O3. The first-order valence-corrected chi connectivity index (χ1v) is 9.75. The number of nitrogens with zero attached hydrogens (tertiary/aromatic N) is 1. The van der Waals surface area contributed by atoms with E-state index in [1.54, 1.807) is 24.3 Å². The molecule has 140 valence electrons. The summed E-state index contributed by atoms with van der Waals surface area (Å²) in [6, 6.07) is 14.9. The monoisotopic (exact) mass is 428 g/mol. The average molecular weight is 429 g/mol. The third-order valence-corrected chi connectivity index (χ3v) is 5.23. The normalized spacial score (nSPS) is 15.1. The highest BCUT2D eigenvalue weighted by Crippen LogP contribution is 2.20. The SMILES string of the molecule is CC[C@H](NC(=O)c1ccc(CN2C(=O)CCC2=O)cc1)c1ccc(Br)cc1. The minimum Gasteiger partial charge on any atom is -0.345 e. The second-order valence-electron chi connectivity index (χ2n) is 6.56. The second-order valence-corrected chi connectivity index (χ2v) is 7.47. The van der Waals surface area contributed by atoms with Crippen molar-refractivity contribution in [1.82, 2.24) is 10.2 Å². The van der Waals surface area contributed by atoms with Gasteiger partial charge in [-0.05, 0) is 41.8 Å². The van der Waals surface area contributed by atoms with Crippen molar-refractivity contribution < 1.29 is 14.4 Å². The Morgan fingerprint density at radius 2 is 1.63 bits per heavy atom. The predicted molar refractivity (Wildman–Crippen MR) is 106 cm³/mol. The van der Waals surface area contributed by atoms with E-state index in [2.05, 4.69) is 21.2 Å². The first kappa shape index (κ1) is 19.3. The molecule has 6 heteroatoms. The molecule has 27 heavy (non-hydrogen) atoms. The van der Waals surface area contributed by atoms with Crippen LogP contribution in [0.2, 0.25) is 0 Å². The summed E-state index contributed by atoms with van der Waals surface area (Å²) < 4.78 is 0.998. The van der Waals surface area contributed by atoms with Crippen LogP contribution < -0.4 is 5.32 Å². The number of rotatable bonds is 6. The predicted octanol–water partition coefficient (Wildman–Crippen LogP) is 3.98. The molecule has 0 saturated carbocycles. The highest BCUT2D eigenvalue weighted by molar-refractivity contribution is 9.10. The summed E-state index contributed by atoms with van der Waals surface area (Å²) in [6.07, 6.45) is 1.35. The van der Waals surface area contributed by atoms with Crippen molar-refractivity contribution in [1.29, 1.82) is 0 Å². The Bertz CT molecular complexity index is 831. The van der Waals surface area contributed by atoms with Gasteiger partial charge in [-0.15, -0.1) is 0 Å². The van der Waals surface area contributed by atoms with E-state index in [1.165, 1.54) is 4.90 Å². The van der Waals surface area contributed by atoms with E-state index in [9.17, 15) is 14.4 Å². The van der Waals surface area contributed by atoms with E-state index in [0.717, 1.165) is 22.0 Å². The van der Waals surface area contributed by atoms with Crippen LogP contribution in [0, 0.1) is 0 Å². The van der Waals surface area contributed by atoms with Crippen molar-refractivity contribution in [3.63, 3.8) is 0 Å². The Hall–Kier alpha value is -2.47. The summed E-state index contributed by atoms with van der Waals surface area (Å²) in [5.74, 6) is -0.422. The van der Waals surface area contributed by atoms with Crippen LogP contribution >= 0.6 is 15.9 Å². The summed E-state index contributed by atoms with van der Waals surface area (Å²) in [5.41, 5.74) is 2.43. The van der Waals surface area contributed by atoms with Gasteiger partial charge in [-0.25, -0.2) is 0 Å². The maximum absolute atomic E-state index is 12.6. The van der Waals surface area contributed by atoms with E-state index in [4.69, 9.17) is 0 Å². The number of hydrogen-bond acceptors (Lipinski definition) is 3. The van der Waals surface area contributed by atoms with Gasteiger partial charge in [0.1, 0.15) is 0 Å². The Balaban J connectivity index is 1.65. The number of amides is 3. The molecule has 1 aliphatic heterocycles. The summed E-state index contributed by atoms with van der Waals surface area (Å²) in [6.45, 7) is 2.29. The molecule has 5 nitrogen and oxygen atoms in total. The Labute approximate surface area is 166 Å². The lowest BCUT2D eigenvalue weighted by molar-refractivity contribution is -0.139. The van der Waals surface area contributed by atoms with Gasteiger partial charge in [0.05, 0.1) is 12.6 Å². The number of halogens is 1. The van der Waals surface area contributed by atoms with Crippen molar-refractivity contribution in [2.45, 2.75) is 38.8 Å². The van der Waals surface area contributed by atoms with Gasteiger partial charge >= 0.3 is 0 Å². The molecule has 1 fully saturated rings. The summed E-state index contributed by atoms with van der Waals surface area (Å²) in [4.78, 5) is 37.3. The van der Waals surface area contributed by atoms with Crippen LogP contribution in [-0.2, 0) is 16.1 Å². The topological polar surface area (TPSA) is 66.5 Å². The molecule has 3 amide bonds. The van der Waals surface area contributed by atoms with Crippen LogP contribution in [0.5, 0.6) is 0 Å². The Kier molecular flexibility index (Phi) is 6.06. The number of benzene rings is 2. The Morgan fingerprint density at radius 3 is 2.19 bits per heavy atom. The standard InChI is InChI=1S/C21H21BrN2O3/c1-2-18(15-7-9-17(22)10-8-15)23-21(27)16-5-3-14(4-6-16)13-24-19(25)11-12-20(24)26/h3-10,18H,2,11-13H2,1H3,(H,23,27)/t18-/m0/s1. The molecule has 3 rings (SSSR count). The van der Waals surface area contributed by atoms with Crippen LogP contribution in [0.25, 0.3) is 0 Å². The first-order chi connectivity index (χ1) is 13.0. The van der Waals surface area contributed by atoms with Crippen molar-refractivity contribution in [3.05, 3.63) is 69.7 Å². The van der Waals surface area contributed by atoms with Crippen molar-refractivity contribution in [3.8, 4) is 0 Å². The lowest BCUT2D eigenvalue weighted by atomic mass is 10.0. The molecule has 1 saturated heterocycles. The second kappa shape index (κ2) is 8.48. The summed E-state index contributed by atoms with van der Waals surface area (Å²) >= 11 is 3.42. The maximum atomic E-state index is 12.6. The van der Waals surface area contributed by atoms with Crippen molar-refractivity contribution in [2.75, 3.05) is 0 Å². The van der Waals surface area contributed by atoms with Crippen LogP contribution in [0.1, 0.15) is 53.7 Å². The molecule has 2 aromatic rings. The fourth-order valence-corrected chi connectivity index (χ4v) is 3.37. The van der Waals surface area contributed by atoms with Crippen LogP contribution in [0.15, 0.2) is 53.0 Å². The van der Waals surface area contributed by atoms with Crippen LogP contribution in [-0.4, -0.2) is 22.6 Å². The van der Waals surface area contributed by atoms with Gasteiger partial charge in [-0.3, -0.25) is 19.3 Å². The number of imide groups is 1. The molecule has 0 aliphatic carbocycles. The summed E-state index contributed by atoms with van der Waals surface area (Å²) in [7, 11) is 0. The molecule has 0 bridgehead atoms. The molecule has 0 radical (unpaired) electrons. The number of carbonyl (C=O) groups is 3. The number of nitrogens with one attached hydrogen (secondary N) is 1. The van der Waals surface area contributed by atoms with E-state index in [0.29, 0.717) is 5.56 Å². The quantitative estimate of drug-likeness (QED) is 0.707. The largest absolute Gasteiger partial charge is 0.345 e. The van der Waals surface area contributed by atoms with E-state index in [-0.39, 0.29) is 43.1 Å². The van der Waals surface area contributed by atoms with Gasteiger partial charge in [0.2, 0.25) is 11.8 Å². The van der Waals surface area contributed by atoms with Gasteiger partial charge in [-0.2, -0.15) is 0 Å². The van der Waals surface area contributed by atoms with E-state index >= 15 is 0 Å². The first-order valence-electron chi connectivity index (χ1n) is 8.96. The maximum Gasteiger partial charge on any atom is 0.251 e. The molecule has 0 aromatic heterocycles. The highest BCUT2D eigenvalue weighted by Gasteiger charge is 2.28. The average Bonchev–Trinajstić information content (AvgIpc) is 2.99. The van der Waals surface area contributed by atoms with Gasteiger partial charge < -0.3 is 5.32 Å². The van der Waals surface area contributed by atoms with Gasteiger partial charge in [0.15, 0.2) is 0 Å². The molecule has 1 aliphatic rings. The molecule has 1 atom stereocenters. The molecule has 0 unspecified atom stereocenters. The zero-order chi connectivity index (χ0) is 19.4. The van der Waals surface area contributed by atoms with Crippen molar-refractivity contribution in [2.24, 2.45) is 0 Å². The fourth-order valence-electron chi connectivity index (χ4n) is 3.10. The number of likely N-dealkylation sites (tertiary alicyclic amines) is 1. The molecule has 1 heterocycles. The molecular weight excluding hydrogens is 408 g/mol. The molecule has 2 aromatic carbocycles. The lowest BCUT2D eigenvalue weighted by Gasteiger charge is -2.18. The number of hydrogen-bond donors (Lipinski definition) is 1. The number of carbonyl (C=O) groups excluding carboxylic acids is 3. The lowest BCUT2D eigenvalue weighted by Crippen LogP contribution is -2.29. The van der Waals surface area contributed by atoms with Crippen LogP contribution in [0.3, 0.4) is 0 Å². The highest BCUT2D eigenvalue weighted by atomic mass is 79.9. The van der Waals surface area contributed by atoms with Gasteiger partial charge in [0, 0.05) is 22.9 Å². The summed E-state index contributed by atoms with van der Waals surface area (Å²) in [5, 5.41) is 3.05. The zero-order valence-electron chi connectivity index (χ0n) is 15.1. The van der Waals surface area contributed by atoms with Gasteiger partial charge in [0.25, 0.3) is 5.91 Å².